The number of ether oxygens (including phenoxy) is 9. The van der Waals surface area contributed by atoms with Gasteiger partial charge in [0.15, 0.2) is 41.0 Å². The highest BCUT2D eigenvalue weighted by atomic mass is 16.7. The molecule has 10 atom stereocenters. The molecule has 0 bridgehead atoms. The second-order valence-electron chi connectivity index (χ2n) is 12.5. The minimum Gasteiger partial charge on any atom is -0.504 e. The summed E-state index contributed by atoms with van der Waals surface area (Å²) in [7, 11) is 1.35. The zero-order chi connectivity index (χ0) is 41.4. The lowest BCUT2D eigenvalue weighted by Crippen LogP contribution is -2.61. The van der Waals surface area contributed by atoms with Crippen LogP contribution < -0.4 is 14.2 Å². The van der Waals surface area contributed by atoms with Gasteiger partial charge in [-0.05, 0) is 35.9 Å². The normalized spacial score (nSPS) is 27.4. The number of benzene rings is 2. The molecule has 56 heavy (non-hydrogen) atoms. The van der Waals surface area contributed by atoms with Crippen LogP contribution in [0.15, 0.2) is 36.4 Å². The molecule has 0 amide bonds. The zero-order valence-corrected chi connectivity index (χ0v) is 30.6. The summed E-state index contributed by atoms with van der Waals surface area (Å²) in [6.07, 6.45) is -15.3. The Hall–Kier alpha value is -5.51. The van der Waals surface area contributed by atoms with Gasteiger partial charge in [0, 0.05) is 27.7 Å². The predicted octanol–water partition coefficient (Wildman–Crippen LogP) is -0.357. The second-order valence-corrected chi connectivity index (χ2v) is 12.5. The van der Waals surface area contributed by atoms with E-state index in [-0.39, 0.29) is 11.5 Å². The number of aromatic hydroxyl groups is 2. The number of esters is 4. The van der Waals surface area contributed by atoms with E-state index in [4.69, 9.17) is 42.6 Å². The molecule has 0 aliphatic carbocycles. The fourth-order valence-electron chi connectivity index (χ4n) is 5.62. The second kappa shape index (κ2) is 18.9. The molecule has 0 spiro atoms. The molecule has 0 saturated carbocycles. The Morgan fingerprint density at radius 2 is 1.18 bits per heavy atom. The molecule has 2 aliphatic heterocycles. The smallest absolute Gasteiger partial charge is 0.303 e. The van der Waals surface area contributed by atoms with Crippen molar-refractivity contribution >= 4 is 35.7 Å². The third kappa shape index (κ3) is 10.6. The Bertz CT molecular complexity index is 1790. The number of carbonyl (C=O) groups is 5. The van der Waals surface area contributed by atoms with E-state index in [0.29, 0.717) is 5.56 Å². The first kappa shape index (κ1) is 43.2. The lowest BCUT2D eigenvalue weighted by molar-refractivity contribution is -0.286. The fraction of sp³-hybridized carbons (Fsp3) is 0.472. The van der Waals surface area contributed by atoms with E-state index in [0.717, 1.165) is 45.9 Å². The van der Waals surface area contributed by atoms with Crippen LogP contribution in [0.25, 0.3) is 6.08 Å². The van der Waals surface area contributed by atoms with Gasteiger partial charge in [0.05, 0.1) is 12.7 Å². The fourth-order valence-corrected chi connectivity index (χ4v) is 5.62. The molecule has 20 heteroatoms. The van der Waals surface area contributed by atoms with E-state index in [1.54, 1.807) is 0 Å². The van der Waals surface area contributed by atoms with Gasteiger partial charge in [0.2, 0.25) is 18.3 Å². The number of allylic oxidation sites excluding steroid dienone is 1. The number of ketones is 1. The average Bonchev–Trinajstić information content (AvgIpc) is 3.13. The third-order valence-electron chi connectivity index (χ3n) is 8.26. The lowest BCUT2D eigenvalue weighted by Gasteiger charge is -2.42. The van der Waals surface area contributed by atoms with E-state index >= 15 is 0 Å². The molecule has 4 rings (SSSR count). The highest BCUT2D eigenvalue weighted by Gasteiger charge is 2.50. The van der Waals surface area contributed by atoms with Crippen molar-refractivity contribution in [3.05, 3.63) is 47.5 Å². The summed E-state index contributed by atoms with van der Waals surface area (Å²) in [5, 5.41) is 65.5. The van der Waals surface area contributed by atoms with Crippen molar-refractivity contribution in [2.75, 3.05) is 20.3 Å². The number of hydrogen-bond donors (Lipinski definition) is 6. The molecule has 2 fully saturated rings. The molecule has 0 unspecified atom stereocenters. The van der Waals surface area contributed by atoms with E-state index in [1.807, 2.05) is 0 Å². The van der Waals surface area contributed by atoms with Crippen LogP contribution in [0.2, 0.25) is 0 Å². The highest BCUT2D eigenvalue weighted by Crippen LogP contribution is 2.43. The number of phenolic OH excluding ortho intramolecular Hbond substituents is 2. The first-order valence-electron chi connectivity index (χ1n) is 16.8. The number of aliphatic hydroxyl groups excluding tert-OH is 4. The van der Waals surface area contributed by atoms with Crippen LogP contribution in [0.5, 0.6) is 28.7 Å². The summed E-state index contributed by atoms with van der Waals surface area (Å²) in [6, 6.07) is 6.43. The summed E-state index contributed by atoms with van der Waals surface area (Å²) < 4.78 is 48.2. The molecule has 20 nitrogen and oxygen atoms in total. The highest BCUT2D eigenvalue weighted by molar-refractivity contribution is 6.09. The van der Waals surface area contributed by atoms with E-state index in [9.17, 15) is 54.6 Å². The summed E-state index contributed by atoms with van der Waals surface area (Å²) >= 11 is 0. The van der Waals surface area contributed by atoms with Gasteiger partial charge in [0.1, 0.15) is 49.8 Å². The summed E-state index contributed by atoms with van der Waals surface area (Å²) in [5.74, 6) is -6.40. The number of methoxy groups -OCH3 is 1. The van der Waals surface area contributed by atoms with Crippen LogP contribution in [-0.4, -0.2) is 142 Å². The number of aliphatic hydroxyl groups is 4. The minimum atomic E-state index is -2.04. The number of carbonyl (C=O) groups excluding carboxylic acids is 5. The largest absolute Gasteiger partial charge is 0.504 e. The van der Waals surface area contributed by atoms with Crippen molar-refractivity contribution < 1.29 is 97.2 Å². The van der Waals surface area contributed by atoms with Crippen LogP contribution in [0.4, 0.5) is 0 Å². The Kier molecular flexibility index (Phi) is 14.6. The van der Waals surface area contributed by atoms with Crippen molar-refractivity contribution in [2.45, 2.75) is 89.1 Å². The van der Waals surface area contributed by atoms with Gasteiger partial charge >= 0.3 is 23.9 Å². The van der Waals surface area contributed by atoms with Crippen LogP contribution in [-0.2, 0) is 47.6 Å². The summed E-state index contributed by atoms with van der Waals surface area (Å²) in [4.78, 5) is 60.1. The first-order valence-corrected chi connectivity index (χ1v) is 16.8. The van der Waals surface area contributed by atoms with Gasteiger partial charge in [-0.1, -0.05) is 12.1 Å². The van der Waals surface area contributed by atoms with Crippen molar-refractivity contribution in [2.24, 2.45) is 0 Å². The number of phenols is 2. The lowest BCUT2D eigenvalue weighted by atomic mass is 9.98. The number of rotatable bonds is 14. The SMILES string of the molecule is COc1ccc(/C=C/C(=O)c2ccc(O[C@@H]3O[C@H](COC(C)=O)[C@@H](OC(C)=O)[C@H](O)[C@H]3O)c(O[C@@H]3O[C@H](COC(C)=O)[C@@H](OC(C)=O)[C@H](O)[C@H]3O)c2O)cc1O. The number of hydrogen-bond acceptors (Lipinski definition) is 20. The first-order chi connectivity index (χ1) is 26.4. The molecule has 2 aromatic carbocycles. The maximum absolute atomic E-state index is 13.4. The third-order valence-corrected chi connectivity index (χ3v) is 8.26. The molecule has 2 aliphatic rings. The Morgan fingerprint density at radius 3 is 1.64 bits per heavy atom. The zero-order valence-electron chi connectivity index (χ0n) is 30.6. The average molecular weight is 795 g/mol. The topological polar surface area (TPSA) is 290 Å². The molecule has 6 N–H and O–H groups in total. The van der Waals surface area contributed by atoms with Gasteiger partial charge in [0.25, 0.3) is 0 Å². The molecule has 0 aromatic heterocycles. The monoisotopic (exact) mass is 794 g/mol. The standard InChI is InChI=1S/C36H42O20/c1-15(37)49-13-25-33(51-17(3)39)28(44)30(46)35(54-25)53-24-11-8-20(21(41)9-6-19-7-10-23(48-5)22(42)12-19)27(43)32(24)56-36-31(47)29(45)34(52-18(4)40)26(55-36)14-50-16(2)38/h6-12,25-26,28-31,33-36,42-47H,13-14H2,1-5H3/b9-6+/t25-,26-,28-,29-,30-,31-,33-,34-,35-,36+/m1/s1. The van der Waals surface area contributed by atoms with Gasteiger partial charge in [-0.15, -0.1) is 0 Å². The quantitative estimate of drug-likeness (QED) is 0.0616. The van der Waals surface area contributed by atoms with Crippen LogP contribution >= 0.6 is 0 Å². The van der Waals surface area contributed by atoms with Crippen molar-refractivity contribution in [1.82, 2.24) is 0 Å². The molecular formula is C36H42O20. The van der Waals surface area contributed by atoms with Gasteiger partial charge in [-0.25, -0.2) is 0 Å². The van der Waals surface area contributed by atoms with Crippen molar-refractivity contribution in [3.63, 3.8) is 0 Å². The molecule has 2 heterocycles. The predicted molar refractivity (Wildman–Crippen MR) is 183 cm³/mol. The summed E-state index contributed by atoms with van der Waals surface area (Å²) in [5.41, 5.74) is -0.0759. The van der Waals surface area contributed by atoms with Gasteiger partial charge in [-0.3, -0.25) is 24.0 Å². The van der Waals surface area contributed by atoms with Crippen LogP contribution in [0.3, 0.4) is 0 Å². The Morgan fingerprint density at radius 1 is 0.679 bits per heavy atom. The van der Waals surface area contributed by atoms with Gasteiger partial charge < -0.3 is 73.3 Å². The molecular weight excluding hydrogens is 752 g/mol. The summed E-state index contributed by atoms with van der Waals surface area (Å²) in [6.45, 7) is 3.01. The van der Waals surface area contributed by atoms with Crippen LogP contribution in [0, 0.1) is 0 Å². The Balaban J connectivity index is 1.74. The van der Waals surface area contributed by atoms with Crippen molar-refractivity contribution in [3.8, 4) is 28.7 Å². The molecule has 306 valence electrons. The maximum atomic E-state index is 13.4. The minimum absolute atomic E-state index is 0.175. The Labute approximate surface area is 318 Å². The van der Waals surface area contributed by atoms with Crippen molar-refractivity contribution in [1.29, 1.82) is 0 Å². The van der Waals surface area contributed by atoms with E-state index < -0.39 is 127 Å². The van der Waals surface area contributed by atoms with E-state index in [1.165, 1.54) is 31.4 Å². The molecule has 2 saturated heterocycles. The maximum Gasteiger partial charge on any atom is 0.303 e. The van der Waals surface area contributed by atoms with E-state index in [2.05, 4.69) is 0 Å². The molecule has 2 aromatic rings. The molecule has 0 radical (unpaired) electrons. The van der Waals surface area contributed by atoms with Gasteiger partial charge in [-0.2, -0.15) is 0 Å². The van der Waals surface area contributed by atoms with Crippen LogP contribution in [0.1, 0.15) is 43.6 Å².